The van der Waals surface area contributed by atoms with Crippen LogP contribution in [0.4, 0.5) is 0 Å². The molecule has 1 aliphatic carbocycles. The molecule has 0 amide bonds. The molecule has 1 aromatic carbocycles. The molecule has 0 radical (unpaired) electrons. The zero-order valence-electron chi connectivity index (χ0n) is 14.0. The van der Waals surface area contributed by atoms with E-state index in [1.807, 2.05) is 39.0 Å². The van der Waals surface area contributed by atoms with Gasteiger partial charge >= 0.3 is 0 Å². The summed E-state index contributed by atoms with van der Waals surface area (Å²) < 4.78 is 28.4. The van der Waals surface area contributed by atoms with Gasteiger partial charge < -0.3 is 0 Å². The van der Waals surface area contributed by atoms with Gasteiger partial charge in [0.1, 0.15) is 4.90 Å². The van der Waals surface area contributed by atoms with E-state index < -0.39 is 10.0 Å². The van der Waals surface area contributed by atoms with Gasteiger partial charge in [-0.25, -0.2) is 8.42 Å². The average molecular weight is 332 g/mol. The monoisotopic (exact) mass is 332 g/mol. The standard InChI is InChI=1S/C18H24N2O2S/c1-13(2)20(16-8-4-5-9-16)23(21,22)17-10-6-7-15-11-14(3)12-19-18(15)17/h6-7,10-13,16H,4-5,8-9H2,1-3H3. The topological polar surface area (TPSA) is 50.3 Å². The molecule has 2 aromatic rings. The summed E-state index contributed by atoms with van der Waals surface area (Å²) in [6.07, 6.45) is 5.85. The number of benzene rings is 1. The number of hydrogen-bond acceptors (Lipinski definition) is 3. The number of fused-ring (bicyclic) bond motifs is 1. The minimum Gasteiger partial charge on any atom is -0.255 e. The van der Waals surface area contributed by atoms with Crippen LogP contribution in [-0.4, -0.2) is 29.8 Å². The normalized spacial score (nSPS) is 16.7. The van der Waals surface area contributed by atoms with Crippen molar-refractivity contribution in [1.82, 2.24) is 9.29 Å². The van der Waals surface area contributed by atoms with Crippen molar-refractivity contribution in [3.05, 3.63) is 36.0 Å². The number of aromatic nitrogens is 1. The predicted octanol–water partition coefficient (Wildman–Crippen LogP) is 3.88. The van der Waals surface area contributed by atoms with Crippen molar-refractivity contribution in [2.24, 2.45) is 0 Å². The van der Waals surface area contributed by atoms with E-state index in [0.29, 0.717) is 10.4 Å². The van der Waals surface area contributed by atoms with E-state index in [4.69, 9.17) is 0 Å². The Bertz CT molecular complexity index is 809. The molecule has 1 aliphatic rings. The molecular weight excluding hydrogens is 308 g/mol. The second kappa shape index (κ2) is 6.21. The van der Waals surface area contributed by atoms with E-state index in [-0.39, 0.29) is 12.1 Å². The Morgan fingerprint density at radius 3 is 2.57 bits per heavy atom. The number of pyridine rings is 1. The number of aryl methyl sites for hydroxylation is 1. The van der Waals surface area contributed by atoms with Crippen LogP contribution in [0.15, 0.2) is 35.4 Å². The van der Waals surface area contributed by atoms with E-state index in [9.17, 15) is 8.42 Å². The maximum absolute atomic E-state index is 13.3. The van der Waals surface area contributed by atoms with Gasteiger partial charge in [-0.15, -0.1) is 0 Å². The smallest absolute Gasteiger partial charge is 0.245 e. The first-order chi connectivity index (χ1) is 10.9. The lowest BCUT2D eigenvalue weighted by molar-refractivity contribution is 0.275. The number of rotatable bonds is 4. The molecule has 0 unspecified atom stereocenters. The van der Waals surface area contributed by atoms with Crippen molar-refractivity contribution >= 4 is 20.9 Å². The van der Waals surface area contributed by atoms with Gasteiger partial charge in [0.05, 0.1) is 5.52 Å². The Morgan fingerprint density at radius 2 is 1.91 bits per heavy atom. The molecule has 1 aromatic heterocycles. The van der Waals surface area contributed by atoms with Crippen LogP contribution in [0.5, 0.6) is 0 Å². The lowest BCUT2D eigenvalue weighted by Crippen LogP contribution is -2.43. The Kier molecular flexibility index (Phi) is 4.43. The summed E-state index contributed by atoms with van der Waals surface area (Å²) in [5.41, 5.74) is 1.60. The van der Waals surface area contributed by atoms with Gasteiger partial charge in [-0.1, -0.05) is 25.0 Å². The van der Waals surface area contributed by atoms with Gasteiger partial charge in [-0.3, -0.25) is 4.98 Å². The first kappa shape index (κ1) is 16.4. The lowest BCUT2D eigenvalue weighted by atomic mass is 10.2. The van der Waals surface area contributed by atoms with Crippen molar-refractivity contribution in [3.63, 3.8) is 0 Å². The molecule has 0 atom stereocenters. The number of para-hydroxylation sites is 1. The third kappa shape index (κ3) is 3.00. The highest BCUT2D eigenvalue weighted by Gasteiger charge is 2.36. The van der Waals surface area contributed by atoms with Crippen molar-refractivity contribution in [3.8, 4) is 0 Å². The highest BCUT2D eigenvalue weighted by atomic mass is 32.2. The fraction of sp³-hybridized carbons (Fsp3) is 0.500. The van der Waals surface area contributed by atoms with E-state index >= 15 is 0 Å². The fourth-order valence-electron chi connectivity index (χ4n) is 3.62. The quantitative estimate of drug-likeness (QED) is 0.853. The van der Waals surface area contributed by atoms with Gasteiger partial charge in [-0.05, 0) is 51.3 Å². The van der Waals surface area contributed by atoms with E-state index in [1.54, 1.807) is 16.6 Å². The summed E-state index contributed by atoms with van der Waals surface area (Å²) in [5, 5.41) is 0.876. The Labute approximate surface area is 138 Å². The summed E-state index contributed by atoms with van der Waals surface area (Å²) in [7, 11) is -3.55. The third-order valence-corrected chi connectivity index (χ3v) is 6.72. The molecule has 1 saturated carbocycles. The molecule has 5 heteroatoms. The molecular formula is C18H24N2O2S. The van der Waals surface area contributed by atoms with Gasteiger partial charge in [0.2, 0.25) is 10.0 Å². The van der Waals surface area contributed by atoms with Crippen molar-refractivity contribution in [2.75, 3.05) is 0 Å². The molecule has 1 heterocycles. The Morgan fingerprint density at radius 1 is 1.22 bits per heavy atom. The van der Waals surface area contributed by atoms with Crippen LogP contribution in [-0.2, 0) is 10.0 Å². The highest BCUT2D eigenvalue weighted by Crippen LogP contribution is 2.32. The number of nitrogens with zero attached hydrogens (tertiary/aromatic N) is 2. The Balaban J connectivity index is 2.14. The summed E-state index contributed by atoms with van der Waals surface area (Å²) in [4.78, 5) is 4.74. The lowest BCUT2D eigenvalue weighted by Gasteiger charge is -2.31. The zero-order chi connectivity index (χ0) is 16.6. The number of sulfonamides is 1. The number of hydrogen-bond donors (Lipinski definition) is 0. The second-order valence-corrected chi connectivity index (χ2v) is 8.52. The molecule has 1 fully saturated rings. The Hall–Kier alpha value is -1.46. The van der Waals surface area contributed by atoms with Crippen LogP contribution < -0.4 is 0 Å². The minimum absolute atomic E-state index is 0.0520. The maximum Gasteiger partial charge on any atom is 0.245 e. The average Bonchev–Trinajstić information content (AvgIpc) is 2.99. The minimum atomic E-state index is -3.55. The van der Waals surface area contributed by atoms with Gasteiger partial charge in [0.25, 0.3) is 0 Å². The van der Waals surface area contributed by atoms with Crippen LogP contribution in [0.1, 0.15) is 45.1 Å². The maximum atomic E-state index is 13.3. The van der Waals surface area contributed by atoms with Crippen LogP contribution in [0.25, 0.3) is 10.9 Å². The van der Waals surface area contributed by atoms with Crippen LogP contribution in [0.2, 0.25) is 0 Å². The highest BCUT2D eigenvalue weighted by molar-refractivity contribution is 7.89. The molecule has 0 spiro atoms. The molecule has 0 saturated heterocycles. The molecule has 3 rings (SSSR count). The van der Waals surface area contributed by atoms with Crippen LogP contribution >= 0.6 is 0 Å². The van der Waals surface area contributed by atoms with E-state index in [0.717, 1.165) is 36.6 Å². The van der Waals surface area contributed by atoms with Gasteiger partial charge in [-0.2, -0.15) is 4.31 Å². The summed E-state index contributed by atoms with van der Waals surface area (Å²) >= 11 is 0. The predicted molar refractivity (Wildman–Crippen MR) is 92.9 cm³/mol. The summed E-state index contributed by atoms with van der Waals surface area (Å²) in [6.45, 7) is 5.88. The first-order valence-electron chi connectivity index (χ1n) is 8.30. The zero-order valence-corrected chi connectivity index (χ0v) is 14.8. The van der Waals surface area contributed by atoms with Gasteiger partial charge in [0, 0.05) is 23.7 Å². The van der Waals surface area contributed by atoms with E-state index in [1.165, 1.54) is 0 Å². The van der Waals surface area contributed by atoms with Gasteiger partial charge in [0.15, 0.2) is 0 Å². The van der Waals surface area contributed by atoms with Crippen LogP contribution in [0, 0.1) is 6.92 Å². The van der Waals surface area contributed by atoms with Crippen molar-refractivity contribution < 1.29 is 8.42 Å². The summed E-state index contributed by atoms with van der Waals surface area (Å²) in [5.74, 6) is 0. The van der Waals surface area contributed by atoms with E-state index in [2.05, 4.69) is 4.98 Å². The van der Waals surface area contributed by atoms with Crippen LogP contribution in [0.3, 0.4) is 0 Å². The molecule has 0 aliphatic heterocycles. The third-order valence-electron chi connectivity index (χ3n) is 4.56. The molecule has 23 heavy (non-hydrogen) atoms. The molecule has 0 bridgehead atoms. The molecule has 124 valence electrons. The second-order valence-electron chi connectivity index (χ2n) is 6.71. The van der Waals surface area contributed by atoms with Crippen molar-refractivity contribution in [2.45, 2.75) is 63.4 Å². The molecule has 4 nitrogen and oxygen atoms in total. The largest absolute Gasteiger partial charge is 0.255 e. The SMILES string of the molecule is Cc1cnc2c(S(=O)(=O)N(C(C)C)C3CCCC3)cccc2c1. The first-order valence-corrected chi connectivity index (χ1v) is 9.74. The van der Waals surface area contributed by atoms with Crippen molar-refractivity contribution in [1.29, 1.82) is 0 Å². The summed E-state index contributed by atoms with van der Waals surface area (Å²) in [6, 6.07) is 7.46. The molecule has 0 N–H and O–H groups in total. The fourth-order valence-corrected chi connectivity index (χ4v) is 5.67.